The van der Waals surface area contributed by atoms with Crippen LogP contribution in [0.5, 0.6) is 0 Å². The summed E-state index contributed by atoms with van der Waals surface area (Å²) in [5.41, 5.74) is 11.6. The topological polar surface area (TPSA) is 149 Å². The van der Waals surface area contributed by atoms with Crippen molar-refractivity contribution >= 4 is 23.3 Å². The maximum Gasteiger partial charge on any atom is 0.211 e. The maximum atomic E-state index is 14.3. The number of hydrogen-bond donors (Lipinski definition) is 4. The fourth-order valence-corrected chi connectivity index (χ4v) is 2.53. The van der Waals surface area contributed by atoms with Gasteiger partial charge in [0.15, 0.2) is 6.19 Å². The predicted molar refractivity (Wildman–Crippen MR) is 85.8 cm³/mol. The van der Waals surface area contributed by atoms with Crippen LogP contribution in [-0.4, -0.2) is 10.9 Å². The van der Waals surface area contributed by atoms with E-state index in [1.807, 2.05) is 6.07 Å². The maximum absolute atomic E-state index is 14.3. The van der Waals surface area contributed by atoms with Gasteiger partial charge in [0.1, 0.15) is 40.9 Å². The van der Waals surface area contributed by atoms with Gasteiger partial charge in [-0.2, -0.15) is 10.5 Å². The number of nitrogens with one attached hydrogen (secondary N) is 2. The van der Waals surface area contributed by atoms with Crippen molar-refractivity contribution in [2.45, 2.75) is 6.04 Å². The van der Waals surface area contributed by atoms with E-state index in [2.05, 4.69) is 20.6 Å². The highest BCUT2D eigenvalue weighted by molar-refractivity contribution is 5.98. The van der Waals surface area contributed by atoms with Gasteiger partial charge in [0.2, 0.25) is 5.96 Å². The van der Waals surface area contributed by atoms with Crippen molar-refractivity contribution in [1.29, 1.82) is 10.5 Å². The molecule has 0 amide bonds. The number of pyridine rings is 1. The number of hydrogen-bond acceptors (Lipinski definition) is 8. The number of rotatable bonds is 1. The molecule has 124 valence electrons. The number of aromatic nitrogens is 1. The number of anilines is 3. The highest BCUT2D eigenvalue weighted by Crippen LogP contribution is 2.41. The van der Waals surface area contributed by atoms with Crippen LogP contribution in [0.2, 0.25) is 0 Å². The quantitative estimate of drug-likeness (QED) is 0.452. The van der Waals surface area contributed by atoms with E-state index in [1.165, 1.54) is 0 Å². The van der Waals surface area contributed by atoms with Crippen LogP contribution in [0.4, 0.5) is 26.1 Å². The van der Waals surface area contributed by atoms with E-state index in [0.29, 0.717) is 0 Å². The molecule has 10 heteroatoms. The molecule has 3 rings (SSSR count). The van der Waals surface area contributed by atoms with Crippen LogP contribution in [0.25, 0.3) is 0 Å². The first kappa shape index (κ1) is 16.0. The first-order valence-corrected chi connectivity index (χ1v) is 6.90. The fourth-order valence-electron chi connectivity index (χ4n) is 2.53. The van der Waals surface area contributed by atoms with Crippen molar-refractivity contribution in [3.8, 4) is 12.3 Å². The molecule has 1 aliphatic heterocycles. The van der Waals surface area contributed by atoms with Crippen LogP contribution in [-0.2, 0) is 0 Å². The molecule has 0 saturated heterocycles. The summed E-state index contributed by atoms with van der Waals surface area (Å²) in [6.45, 7) is 0. The van der Waals surface area contributed by atoms with Gasteiger partial charge in [-0.1, -0.05) is 0 Å². The standard InChI is InChI=1S/C15H10F2N8/c16-6-1-2-9(17)7(3-6)12-10-11(20)8(4-18)13(21)24-14(10)25-15(23-12)22-5-19/h1-3,12H,(H6,20,21,22,23,24,25). The zero-order valence-corrected chi connectivity index (χ0v) is 12.5. The summed E-state index contributed by atoms with van der Waals surface area (Å²) in [4.78, 5) is 8.17. The van der Waals surface area contributed by atoms with E-state index in [4.69, 9.17) is 16.7 Å². The lowest BCUT2D eigenvalue weighted by Crippen LogP contribution is -2.33. The van der Waals surface area contributed by atoms with Gasteiger partial charge in [0, 0.05) is 11.1 Å². The Kier molecular flexibility index (Phi) is 3.79. The molecular formula is C15H10F2N8. The summed E-state index contributed by atoms with van der Waals surface area (Å²) in [6.07, 6.45) is 1.66. The van der Waals surface area contributed by atoms with Crippen LogP contribution < -0.4 is 22.1 Å². The Morgan fingerprint density at radius 1 is 1.24 bits per heavy atom. The summed E-state index contributed by atoms with van der Waals surface area (Å²) >= 11 is 0. The average Bonchev–Trinajstić information content (AvgIpc) is 2.57. The third-order valence-corrected chi connectivity index (χ3v) is 3.61. The van der Waals surface area contributed by atoms with Crippen LogP contribution >= 0.6 is 0 Å². The SMILES string of the molecule is N#CNC1=NC(c2cc(F)ccc2F)c2c(nc(N)c(C#N)c2N)N1. The summed E-state index contributed by atoms with van der Waals surface area (Å²) < 4.78 is 27.9. The van der Waals surface area contributed by atoms with E-state index >= 15 is 0 Å². The normalized spacial score (nSPS) is 15.2. The molecule has 1 atom stereocenters. The highest BCUT2D eigenvalue weighted by Gasteiger charge is 2.31. The minimum absolute atomic E-state index is 0.0420. The minimum atomic E-state index is -1.12. The second-order valence-electron chi connectivity index (χ2n) is 5.07. The van der Waals surface area contributed by atoms with E-state index in [0.717, 1.165) is 18.2 Å². The number of guanidine groups is 1. The van der Waals surface area contributed by atoms with Crippen LogP contribution in [0, 0.1) is 34.4 Å². The zero-order chi connectivity index (χ0) is 18.1. The lowest BCUT2D eigenvalue weighted by atomic mass is 9.94. The van der Waals surface area contributed by atoms with Crippen LogP contribution in [0.1, 0.15) is 22.7 Å². The van der Waals surface area contributed by atoms with Crippen LogP contribution in [0.3, 0.4) is 0 Å². The molecule has 0 radical (unpaired) electrons. The monoisotopic (exact) mass is 340 g/mol. The number of halogens is 2. The Morgan fingerprint density at radius 3 is 2.68 bits per heavy atom. The Labute approximate surface area is 140 Å². The van der Waals surface area contributed by atoms with Crippen molar-refractivity contribution in [3.63, 3.8) is 0 Å². The van der Waals surface area contributed by atoms with Gasteiger partial charge in [0.25, 0.3) is 0 Å². The molecule has 8 nitrogen and oxygen atoms in total. The van der Waals surface area contributed by atoms with Crippen molar-refractivity contribution in [2.24, 2.45) is 4.99 Å². The third kappa shape index (κ3) is 2.62. The molecule has 2 heterocycles. The first-order valence-electron chi connectivity index (χ1n) is 6.90. The summed E-state index contributed by atoms with van der Waals surface area (Å²) in [7, 11) is 0. The Morgan fingerprint density at radius 2 is 2.00 bits per heavy atom. The van der Waals surface area contributed by atoms with Gasteiger partial charge in [-0.15, -0.1) is 0 Å². The lowest BCUT2D eigenvalue weighted by molar-refractivity contribution is 0.576. The molecule has 1 aliphatic rings. The predicted octanol–water partition coefficient (Wildman–Crippen LogP) is 1.34. The van der Waals surface area contributed by atoms with Gasteiger partial charge in [-0.3, -0.25) is 5.32 Å². The molecule has 0 fully saturated rings. The van der Waals surface area contributed by atoms with E-state index < -0.39 is 17.7 Å². The Bertz CT molecular complexity index is 986. The molecule has 2 aromatic rings. The van der Waals surface area contributed by atoms with Crippen molar-refractivity contribution in [3.05, 3.63) is 46.5 Å². The molecule has 6 N–H and O–H groups in total. The molecule has 0 saturated carbocycles. The molecule has 0 spiro atoms. The van der Waals surface area contributed by atoms with E-state index in [1.54, 1.807) is 6.19 Å². The molecule has 1 unspecified atom stereocenters. The molecule has 0 aliphatic carbocycles. The van der Waals surface area contributed by atoms with Crippen LogP contribution in [0.15, 0.2) is 23.2 Å². The van der Waals surface area contributed by atoms with Gasteiger partial charge < -0.3 is 16.8 Å². The molecule has 1 aromatic heterocycles. The summed E-state index contributed by atoms with van der Waals surface area (Å²) in [5, 5.41) is 22.9. The molecular weight excluding hydrogens is 330 g/mol. The molecule has 0 bridgehead atoms. The van der Waals surface area contributed by atoms with Gasteiger partial charge in [-0.25, -0.2) is 18.8 Å². The summed E-state index contributed by atoms with van der Waals surface area (Å²) in [6, 6.07) is 3.58. The summed E-state index contributed by atoms with van der Waals surface area (Å²) in [5.74, 6) is -1.49. The van der Waals surface area contributed by atoms with Crippen molar-refractivity contribution in [1.82, 2.24) is 10.3 Å². The number of fused-ring (bicyclic) bond motifs is 1. The second-order valence-corrected chi connectivity index (χ2v) is 5.07. The van der Waals surface area contributed by atoms with Crippen molar-refractivity contribution in [2.75, 3.05) is 16.8 Å². The van der Waals surface area contributed by atoms with E-state index in [9.17, 15) is 14.0 Å². The number of nitrogens with two attached hydrogens (primary N) is 2. The number of aliphatic imine (C=N–C) groups is 1. The first-order chi connectivity index (χ1) is 12.0. The second kappa shape index (κ2) is 5.94. The lowest BCUT2D eigenvalue weighted by Gasteiger charge is -2.26. The smallest absolute Gasteiger partial charge is 0.211 e. The van der Waals surface area contributed by atoms with Gasteiger partial charge in [0.05, 0.1) is 5.69 Å². The average molecular weight is 340 g/mol. The highest BCUT2D eigenvalue weighted by atomic mass is 19.1. The van der Waals surface area contributed by atoms with Gasteiger partial charge >= 0.3 is 0 Å². The number of nitrogen functional groups attached to an aromatic ring is 2. The number of nitrogens with zero attached hydrogens (tertiary/aromatic N) is 4. The van der Waals surface area contributed by atoms with Crippen molar-refractivity contribution < 1.29 is 8.78 Å². The largest absolute Gasteiger partial charge is 0.397 e. The number of nitriles is 2. The fraction of sp³-hybridized carbons (Fsp3) is 0.0667. The molecule has 25 heavy (non-hydrogen) atoms. The number of benzene rings is 1. The zero-order valence-electron chi connectivity index (χ0n) is 12.5. The minimum Gasteiger partial charge on any atom is -0.397 e. The molecule has 1 aromatic carbocycles. The Balaban J connectivity index is 2.30. The van der Waals surface area contributed by atoms with Gasteiger partial charge in [-0.05, 0) is 18.2 Å². The Hall–Kier alpha value is -3.92. The van der Waals surface area contributed by atoms with E-state index in [-0.39, 0.29) is 40.0 Å². The third-order valence-electron chi connectivity index (χ3n) is 3.61.